The lowest BCUT2D eigenvalue weighted by Crippen LogP contribution is -2.36. The SMILES string of the molecule is CSC1(CNc2c(C#N)c(C)nn2C)CCCCC1. The van der Waals surface area contributed by atoms with E-state index < -0.39 is 0 Å². The van der Waals surface area contributed by atoms with E-state index in [0.717, 1.165) is 18.1 Å². The summed E-state index contributed by atoms with van der Waals surface area (Å²) in [6.07, 6.45) is 8.72. The third-order valence-corrected chi connectivity index (χ3v) is 5.53. The van der Waals surface area contributed by atoms with Gasteiger partial charge in [-0.15, -0.1) is 0 Å². The number of nitrogens with one attached hydrogen (secondary N) is 1. The fourth-order valence-corrected chi connectivity index (χ4v) is 3.80. The molecule has 0 aliphatic heterocycles. The molecule has 0 saturated heterocycles. The lowest BCUT2D eigenvalue weighted by atomic mass is 9.88. The van der Waals surface area contributed by atoms with Crippen LogP contribution in [0.25, 0.3) is 0 Å². The molecule has 1 aromatic rings. The quantitative estimate of drug-likeness (QED) is 0.919. The molecular weight excluding hydrogens is 256 g/mol. The summed E-state index contributed by atoms with van der Waals surface area (Å²) in [7, 11) is 1.89. The Morgan fingerprint density at radius 3 is 2.68 bits per heavy atom. The molecule has 5 heteroatoms. The van der Waals surface area contributed by atoms with E-state index in [9.17, 15) is 5.26 Å². The lowest BCUT2D eigenvalue weighted by Gasteiger charge is -2.36. The van der Waals surface area contributed by atoms with E-state index in [1.54, 1.807) is 4.68 Å². The van der Waals surface area contributed by atoms with Gasteiger partial charge in [0, 0.05) is 18.3 Å². The van der Waals surface area contributed by atoms with Crippen molar-refractivity contribution < 1.29 is 0 Å². The zero-order valence-electron chi connectivity index (χ0n) is 12.0. The molecule has 1 N–H and O–H groups in total. The van der Waals surface area contributed by atoms with Gasteiger partial charge in [-0.3, -0.25) is 4.68 Å². The zero-order chi connectivity index (χ0) is 13.9. The third kappa shape index (κ3) is 2.89. The molecule has 0 spiro atoms. The normalized spacial score (nSPS) is 18.0. The molecule has 0 amide bonds. The Balaban J connectivity index is 2.12. The molecule has 0 bridgehead atoms. The molecule has 0 unspecified atom stereocenters. The van der Waals surface area contributed by atoms with Crippen LogP contribution in [0.4, 0.5) is 5.82 Å². The van der Waals surface area contributed by atoms with E-state index >= 15 is 0 Å². The Hall–Kier alpha value is -1.15. The number of nitrogens with zero attached hydrogens (tertiary/aromatic N) is 3. The summed E-state index contributed by atoms with van der Waals surface area (Å²) in [6, 6.07) is 2.25. The molecule has 0 aromatic carbocycles. The number of hydrogen-bond donors (Lipinski definition) is 1. The topological polar surface area (TPSA) is 53.6 Å². The van der Waals surface area contributed by atoms with E-state index in [-0.39, 0.29) is 0 Å². The van der Waals surface area contributed by atoms with Gasteiger partial charge in [-0.2, -0.15) is 22.1 Å². The molecular formula is C14H22N4S. The molecule has 1 aliphatic carbocycles. The van der Waals surface area contributed by atoms with Gasteiger partial charge in [0.1, 0.15) is 17.5 Å². The van der Waals surface area contributed by atoms with Crippen molar-refractivity contribution >= 4 is 17.6 Å². The van der Waals surface area contributed by atoms with Gasteiger partial charge in [0.05, 0.1) is 5.69 Å². The fourth-order valence-electron chi connectivity index (χ4n) is 2.89. The van der Waals surface area contributed by atoms with Crippen LogP contribution in [-0.4, -0.2) is 27.3 Å². The number of thioether (sulfide) groups is 1. The van der Waals surface area contributed by atoms with Crippen LogP contribution in [0, 0.1) is 18.3 Å². The van der Waals surface area contributed by atoms with Crippen molar-refractivity contribution in [3.63, 3.8) is 0 Å². The van der Waals surface area contributed by atoms with E-state index in [1.165, 1.54) is 32.1 Å². The highest BCUT2D eigenvalue weighted by Crippen LogP contribution is 2.38. The van der Waals surface area contributed by atoms with Crippen LogP contribution in [0.5, 0.6) is 0 Å². The minimum Gasteiger partial charge on any atom is -0.368 e. The first-order chi connectivity index (χ1) is 9.12. The largest absolute Gasteiger partial charge is 0.368 e. The molecule has 2 rings (SSSR count). The lowest BCUT2D eigenvalue weighted by molar-refractivity contribution is 0.410. The van der Waals surface area contributed by atoms with Crippen LogP contribution in [0.2, 0.25) is 0 Å². The minimum absolute atomic E-state index is 0.323. The first kappa shape index (κ1) is 14.3. The Bertz CT molecular complexity index is 480. The number of rotatable bonds is 4. The maximum Gasteiger partial charge on any atom is 0.142 e. The van der Waals surface area contributed by atoms with Gasteiger partial charge >= 0.3 is 0 Å². The summed E-state index contributed by atoms with van der Waals surface area (Å²) in [5.74, 6) is 0.860. The minimum atomic E-state index is 0.323. The van der Waals surface area contributed by atoms with Crippen molar-refractivity contribution in [1.29, 1.82) is 5.26 Å². The standard InChI is InChI=1S/C14H22N4S/c1-11-12(9-15)13(18(2)17-11)16-10-14(19-3)7-5-4-6-8-14/h16H,4-8,10H2,1-3H3. The predicted octanol–water partition coefficient (Wildman–Crippen LogP) is 3.08. The summed E-state index contributed by atoms with van der Waals surface area (Å²) >= 11 is 1.96. The molecule has 0 atom stereocenters. The van der Waals surface area contributed by atoms with Crippen molar-refractivity contribution in [1.82, 2.24) is 9.78 Å². The van der Waals surface area contributed by atoms with Crippen molar-refractivity contribution in [2.75, 3.05) is 18.1 Å². The number of nitriles is 1. The molecule has 1 aromatic heterocycles. The van der Waals surface area contributed by atoms with Crippen molar-refractivity contribution in [3.05, 3.63) is 11.3 Å². The van der Waals surface area contributed by atoms with Gasteiger partial charge in [0.15, 0.2) is 0 Å². The number of aryl methyl sites for hydroxylation is 2. The summed E-state index contributed by atoms with van der Waals surface area (Å²) in [5.41, 5.74) is 1.48. The molecule has 19 heavy (non-hydrogen) atoms. The maximum absolute atomic E-state index is 9.22. The number of hydrogen-bond acceptors (Lipinski definition) is 4. The Morgan fingerprint density at radius 2 is 2.11 bits per heavy atom. The highest BCUT2D eigenvalue weighted by molar-refractivity contribution is 8.00. The van der Waals surface area contributed by atoms with E-state index in [1.807, 2.05) is 25.7 Å². The van der Waals surface area contributed by atoms with Crippen molar-refractivity contribution in [2.24, 2.45) is 7.05 Å². The Kier molecular flexibility index (Phi) is 4.41. The third-order valence-electron chi connectivity index (χ3n) is 4.11. The van der Waals surface area contributed by atoms with Crippen LogP contribution < -0.4 is 5.32 Å². The molecule has 4 nitrogen and oxygen atoms in total. The summed E-state index contributed by atoms with van der Waals surface area (Å²) in [5, 5.41) is 17.0. The highest BCUT2D eigenvalue weighted by atomic mass is 32.2. The summed E-state index contributed by atoms with van der Waals surface area (Å²) in [4.78, 5) is 0. The first-order valence-corrected chi connectivity index (χ1v) is 8.07. The van der Waals surface area contributed by atoms with Gasteiger partial charge < -0.3 is 5.32 Å². The average molecular weight is 278 g/mol. The van der Waals surface area contributed by atoms with E-state index in [0.29, 0.717) is 10.3 Å². The smallest absolute Gasteiger partial charge is 0.142 e. The molecule has 1 heterocycles. The Labute approximate surface area is 119 Å². The van der Waals surface area contributed by atoms with E-state index in [2.05, 4.69) is 22.7 Å². The van der Waals surface area contributed by atoms with Crippen LogP contribution in [0.1, 0.15) is 43.4 Å². The van der Waals surface area contributed by atoms with Crippen LogP contribution >= 0.6 is 11.8 Å². The van der Waals surface area contributed by atoms with Gasteiger partial charge in [-0.05, 0) is 26.0 Å². The van der Waals surface area contributed by atoms with Gasteiger partial charge in [0.2, 0.25) is 0 Å². The van der Waals surface area contributed by atoms with Crippen LogP contribution in [0.3, 0.4) is 0 Å². The zero-order valence-corrected chi connectivity index (χ0v) is 12.8. The van der Waals surface area contributed by atoms with Crippen LogP contribution in [-0.2, 0) is 7.05 Å². The molecule has 1 aliphatic rings. The fraction of sp³-hybridized carbons (Fsp3) is 0.714. The van der Waals surface area contributed by atoms with Crippen molar-refractivity contribution in [3.8, 4) is 6.07 Å². The Morgan fingerprint density at radius 1 is 1.42 bits per heavy atom. The van der Waals surface area contributed by atoms with Gasteiger partial charge in [0.25, 0.3) is 0 Å². The second-order valence-electron chi connectivity index (χ2n) is 5.35. The average Bonchev–Trinajstić information content (AvgIpc) is 2.71. The first-order valence-electron chi connectivity index (χ1n) is 6.84. The summed E-state index contributed by atoms with van der Waals surface area (Å²) < 4.78 is 2.11. The maximum atomic E-state index is 9.22. The highest BCUT2D eigenvalue weighted by Gasteiger charge is 2.31. The monoisotopic (exact) mass is 278 g/mol. The number of aromatic nitrogens is 2. The van der Waals surface area contributed by atoms with Crippen LogP contribution in [0.15, 0.2) is 0 Å². The molecule has 1 fully saturated rings. The number of anilines is 1. The predicted molar refractivity (Wildman–Crippen MR) is 80.5 cm³/mol. The van der Waals surface area contributed by atoms with Gasteiger partial charge in [-0.1, -0.05) is 19.3 Å². The molecule has 0 radical (unpaired) electrons. The van der Waals surface area contributed by atoms with Crippen molar-refractivity contribution in [2.45, 2.75) is 43.8 Å². The van der Waals surface area contributed by atoms with E-state index in [4.69, 9.17) is 0 Å². The van der Waals surface area contributed by atoms with Gasteiger partial charge in [-0.25, -0.2) is 0 Å². The second-order valence-corrected chi connectivity index (χ2v) is 6.62. The second kappa shape index (κ2) is 5.87. The molecule has 104 valence electrons. The summed E-state index contributed by atoms with van der Waals surface area (Å²) in [6.45, 7) is 2.80. The molecule has 1 saturated carbocycles.